The zero-order valence-electron chi connectivity index (χ0n) is 12.0. The maximum absolute atomic E-state index is 12.6. The summed E-state index contributed by atoms with van der Waals surface area (Å²) in [4.78, 5) is 25.1. The monoisotopic (exact) mass is 292 g/mol. The lowest BCUT2D eigenvalue weighted by atomic mass is 10.0. The number of nitrogens with one attached hydrogen (secondary N) is 1. The second-order valence-electron chi connectivity index (χ2n) is 5.21. The average molecular weight is 292 g/mol. The van der Waals surface area contributed by atoms with E-state index in [2.05, 4.69) is 5.32 Å². The van der Waals surface area contributed by atoms with E-state index in [1.165, 1.54) is 4.90 Å². The molecule has 1 aliphatic rings. The molecular formula is C15H20N2O4. The Kier molecular flexibility index (Phi) is 4.93. The lowest BCUT2D eigenvalue weighted by Crippen LogP contribution is -2.41. The van der Waals surface area contributed by atoms with Crippen molar-refractivity contribution in [2.45, 2.75) is 25.0 Å². The number of β-amino-alcohol motifs (C(OH)–C–C–N with tert-alkyl or cyclic N) is 1. The van der Waals surface area contributed by atoms with Crippen LogP contribution in [0.25, 0.3) is 0 Å². The zero-order chi connectivity index (χ0) is 15.4. The summed E-state index contributed by atoms with van der Waals surface area (Å²) in [5.74, 6) is -1.40. The number of rotatable bonds is 5. The second kappa shape index (κ2) is 6.69. The molecular weight excluding hydrogens is 272 g/mol. The molecule has 1 heterocycles. The van der Waals surface area contributed by atoms with Gasteiger partial charge in [-0.15, -0.1) is 0 Å². The SMILES string of the molecule is CNCCc1ccccc1C(=O)N1CC(O)C[C@H]1C(=O)O. The fourth-order valence-corrected chi connectivity index (χ4v) is 2.63. The molecule has 0 radical (unpaired) electrons. The number of aliphatic hydroxyl groups is 1. The van der Waals surface area contributed by atoms with Crippen molar-refractivity contribution in [3.05, 3.63) is 35.4 Å². The molecule has 114 valence electrons. The molecule has 0 bridgehead atoms. The Hall–Kier alpha value is -1.92. The number of carbonyl (C=O) groups is 2. The van der Waals surface area contributed by atoms with Crippen LogP contribution in [0.5, 0.6) is 0 Å². The smallest absolute Gasteiger partial charge is 0.326 e. The van der Waals surface area contributed by atoms with Crippen molar-refractivity contribution in [2.75, 3.05) is 20.1 Å². The molecule has 0 saturated carbocycles. The van der Waals surface area contributed by atoms with E-state index in [4.69, 9.17) is 0 Å². The van der Waals surface area contributed by atoms with Gasteiger partial charge in [0.05, 0.1) is 6.10 Å². The Morgan fingerprint density at radius 1 is 1.38 bits per heavy atom. The van der Waals surface area contributed by atoms with E-state index in [1.54, 1.807) is 12.1 Å². The van der Waals surface area contributed by atoms with Gasteiger partial charge in [0.1, 0.15) is 6.04 Å². The van der Waals surface area contributed by atoms with Crippen molar-refractivity contribution in [1.29, 1.82) is 0 Å². The number of benzene rings is 1. The van der Waals surface area contributed by atoms with Crippen LogP contribution in [0.2, 0.25) is 0 Å². The summed E-state index contributed by atoms with van der Waals surface area (Å²) < 4.78 is 0. The number of carboxylic acids is 1. The number of hydrogen-bond donors (Lipinski definition) is 3. The third kappa shape index (κ3) is 3.40. The second-order valence-corrected chi connectivity index (χ2v) is 5.21. The summed E-state index contributed by atoms with van der Waals surface area (Å²) in [6, 6.07) is 6.24. The van der Waals surface area contributed by atoms with Gasteiger partial charge < -0.3 is 20.4 Å². The first kappa shape index (κ1) is 15.5. The number of carboxylic acid groups (broad SMARTS) is 1. The Morgan fingerprint density at radius 3 is 2.76 bits per heavy atom. The highest BCUT2D eigenvalue weighted by Gasteiger charge is 2.39. The fourth-order valence-electron chi connectivity index (χ4n) is 2.63. The minimum atomic E-state index is -1.08. The maximum Gasteiger partial charge on any atom is 0.326 e. The van der Waals surface area contributed by atoms with E-state index >= 15 is 0 Å². The standard InChI is InChI=1S/C15H20N2O4/c1-16-7-6-10-4-2-3-5-12(10)14(19)17-9-11(18)8-13(17)15(20)21/h2-5,11,13,16,18H,6-9H2,1H3,(H,20,21)/t11?,13-/m0/s1. The summed E-state index contributed by atoms with van der Waals surface area (Å²) in [6.45, 7) is 0.797. The van der Waals surface area contributed by atoms with Crippen LogP contribution in [0.15, 0.2) is 24.3 Å². The van der Waals surface area contributed by atoms with Crippen LogP contribution in [0.3, 0.4) is 0 Å². The van der Waals surface area contributed by atoms with Gasteiger partial charge in [-0.25, -0.2) is 4.79 Å². The summed E-state index contributed by atoms with van der Waals surface area (Å²) >= 11 is 0. The van der Waals surface area contributed by atoms with E-state index in [0.29, 0.717) is 12.0 Å². The summed E-state index contributed by atoms with van der Waals surface area (Å²) in [6.07, 6.45) is -0.00808. The van der Waals surface area contributed by atoms with Crippen LogP contribution in [-0.2, 0) is 11.2 Å². The Labute approximate surface area is 123 Å². The topological polar surface area (TPSA) is 89.9 Å². The van der Waals surface area contributed by atoms with Gasteiger partial charge in [-0.1, -0.05) is 18.2 Å². The van der Waals surface area contributed by atoms with Gasteiger partial charge in [-0.2, -0.15) is 0 Å². The van der Waals surface area contributed by atoms with Gasteiger partial charge in [0, 0.05) is 18.5 Å². The zero-order valence-corrected chi connectivity index (χ0v) is 12.0. The van der Waals surface area contributed by atoms with Crippen LogP contribution >= 0.6 is 0 Å². The molecule has 1 aromatic carbocycles. The fraction of sp³-hybridized carbons (Fsp3) is 0.467. The molecule has 1 aromatic rings. The minimum Gasteiger partial charge on any atom is -0.480 e. The van der Waals surface area contributed by atoms with E-state index in [1.807, 2.05) is 19.2 Å². The van der Waals surface area contributed by atoms with E-state index in [0.717, 1.165) is 12.1 Å². The Bertz CT molecular complexity index is 532. The van der Waals surface area contributed by atoms with Crippen molar-refractivity contribution in [3.8, 4) is 0 Å². The highest BCUT2D eigenvalue weighted by molar-refractivity contribution is 5.98. The van der Waals surface area contributed by atoms with Crippen molar-refractivity contribution < 1.29 is 19.8 Å². The lowest BCUT2D eigenvalue weighted by molar-refractivity contribution is -0.141. The molecule has 1 saturated heterocycles. The van der Waals surface area contributed by atoms with Gasteiger partial charge in [-0.3, -0.25) is 4.79 Å². The number of carbonyl (C=O) groups excluding carboxylic acids is 1. The predicted octanol–water partition coefficient (Wildman–Crippen LogP) is 0.108. The van der Waals surface area contributed by atoms with Gasteiger partial charge in [0.2, 0.25) is 0 Å². The largest absolute Gasteiger partial charge is 0.480 e. The summed E-state index contributed by atoms with van der Waals surface area (Å²) in [5.41, 5.74) is 1.38. The van der Waals surface area contributed by atoms with Gasteiger partial charge in [0.25, 0.3) is 5.91 Å². The van der Waals surface area contributed by atoms with E-state index in [9.17, 15) is 19.8 Å². The number of nitrogens with zero attached hydrogens (tertiary/aromatic N) is 1. The minimum absolute atomic E-state index is 0.0656. The molecule has 2 atom stereocenters. The van der Waals surface area contributed by atoms with Crippen molar-refractivity contribution in [2.24, 2.45) is 0 Å². The number of aliphatic hydroxyl groups excluding tert-OH is 1. The molecule has 1 aliphatic heterocycles. The molecule has 0 spiro atoms. The van der Waals surface area contributed by atoms with Gasteiger partial charge in [-0.05, 0) is 31.6 Å². The molecule has 0 aromatic heterocycles. The molecule has 1 fully saturated rings. The normalized spacial score (nSPS) is 21.5. The first-order chi connectivity index (χ1) is 10.0. The molecule has 0 aliphatic carbocycles. The Morgan fingerprint density at radius 2 is 2.10 bits per heavy atom. The lowest BCUT2D eigenvalue weighted by Gasteiger charge is -2.22. The van der Waals surface area contributed by atoms with Crippen LogP contribution in [0.1, 0.15) is 22.3 Å². The van der Waals surface area contributed by atoms with Gasteiger partial charge >= 0.3 is 5.97 Å². The van der Waals surface area contributed by atoms with Crippen LogP contribution in [0, 0.1) is 0 Å². The number of likely N-dealkylation sites (N-methyl/N-ethyl adjacent to an activating group) is 1. The maximum atomic E-state index is 12.6. The number of amides is 1. The van der Waals surface area contributed by atoms with Crippen molar-refractivity contribution in [1.82, 2.24) is 10.2 Å². The average Bonchev–Trinajstić information content (AvgIpc) is 2.87. The summed E-state index contributed by atoms with van der Waals surface area (Å²) in [7, 11) is 1.84. The number of likely N-dealkylation sites (tertiary alicyclic amines) is 1. The highest BCUT2D eigenvalue weighted by atomic mass is 16.4. The third-order valence-electron chi connectivity index (χ3n) is 3.72. The van der Waals surface area contributed by atoms with E-state index < -0.39 is 18.1 Å². The first-order valence-corrected chi connectivity index (χ1v) is 6.99. The quantitative estimate of drug-likeness (QED) is 0.716. The molecule has 2 rings (SSSR count). The van der Waals surface area contributed by atoms with Crippen LogP contribution < -0.4 is 5.32 Å². The van der Waals surface area contributed by atoms with Crippen LogP contribution in [-0.4, -0.2) is 59.3 Å². The first-order valence-electron chi connectivity index (χ1n) is 6.99. The molecule has 1 amide bonds. The molecule has 1 unspecified atom stereocenters. The van der Waals surface area contributed by atoms with E-state index in [-0.39, 0.29) is 18.9 Å². The molecule has 3 N–H and O–H groups in total. The third-order valence-corrected chi connectivity index (χ3v) is 3.72. The van der Waals surface area contributed by atoms with Crippen molar-refractivity contribution >= 4 is 11.9 Å². The van der Waals surface area contributed by atoms with Gasteiger partial charge in [0.15, 0.2) is 0 Å². The molecule has 6 heteroatoms. The summed E-state index contributed by atoms with van der Waals surface area (Å²) in [5, 5.41) is 21.9. The van der Waals surface area contributed by atoms with Crippen LogP contribution in [0.4, 0.5) is 0 Å². The number of aliphatic carboxylic acids is 1. The highest BCUT2D eigenvalue weighted by Crippen LogP contribution is 2.22. The molecule has 21 heavy (non-hydrogen) atoms. The van der Waals surface area contributed by atoms with Crippen molar-refractivity contribution in [3.63, 3.8) is 0 Å². The number of hydrogen-bond acceptors (Lipinski definition) is 4. The Balaban J connectivity index is 2.25. The predicted molar refractivity (Wildman–Crippen MR) is 77.2 cm³/mol. The molecule has 6 nitrogen and oxygen atoms in total.